The van der Waals surface area contributed by atoms with E-state index in [0.717, 1.165) is 42.8 Å². The molecule has 0 atom stereocenters. The van der Waals surface area contributed by atoms with E-state index in [-0.39, 0.29) is 16.5 Å². The summed E-state index contributed by atoms with van der Waals surface area (Å²) in [6, 6.07) is 12.6. The molecule has 9 heteroatoms. The van der Waals surface area contributed by atoms with E-state index in [2.05, 4.69) is 20.1 Å². The number of pyridine rings is 1. The molecule has 1 amide bonds. The quantitative estimate of drug-likeness (QED) is 0.468. The van der Waals surface area contributed by atoms with Crippen LogP contribution >= 0.6 is 11.6 Å². The Balaban J connectivity index is 1.36. The number of halogens is 1. The fourth-order valence-corrected chi connectivity index (χ4v) is 4.04. The van der Waals surface area contributed by atoms with Crippen molar-refractivity contribution in [2.45, 2.75) is 6.54 Å². The first-order valence-electron chi connectivity index (χ1n) is 10.0. The molecule has 1 aliphatic heterocycles. The predicted molar refractivity (Wildman–Crippen MR) is 120 cm³/mol. The minimum absolute atomic E-state index is 0.0415. The highest BCUT2D eigenvalue weighted by atomic mass is 35.5. The van der Waals surface area contributed by atoms with Gasteiger partial charge in [0.2, 0.25) is 5.91 Å². The summed E-state index contributed by atoms with van der Waals surface area (Å²) in [7, 11) is 0. The fraction of sp³-hybridized carbons (Fsp3) is 0.273. The molecule has 1 fully saturated rings. The van der Waals surface area contributed by atoms with Gasteiger partial charge in [0.15, 0.2) is 0 Å². The number of carbonyl (C=O) groups is 1. The molecule has 0 radical (unpaired) electrons. The van der Waals surface area contributed by atoms with Crippen molar-refractivity contribution in [3.63, 3.8) is 0 Å². The van der Waals surface area contributed by atoms with Gasteiger partial charge in [-0.3, -0.25) is 24.8 Å². The van der Waals surface area contributed by atoms with Crippen molar-refractivity contribution in [2.75, 3.05) is 37.6 Å². The van der Waals surface area contributed by atoms with Gasteiger partial charge in [-0.2, -0.15) is 0 Å². The number of nitrogens with one attached hydrogen (secondary N) is 1. The molecule has 160 valence electrons. The molecule has 0 bridgehead atoms. The van der Waals surface area contributed by atoms with Crippen molar-refractivity contribution in [3.05, 3.63) is 75.6 Å². The van der Waals surface area contributed by atoms with Crippen LogP contribution in [-0.2, 0) is 11.3 Å². The number of fused-ring (bicyclic) bond motifs is 1. The molecule has 3 aromatic rings. The van der Waals surface area contributed by atoms with Gasteiger partial charge in [-0.25, -0.2) is 0 Å². The van der Waals surface area contributed by atoms with Gasteiger partial charge in [-0.05, 0) is 23.8 Å². The van der Waals surface area contributed by atoms with Crippen LogP contribution in [0.25, 0.3) is 10.8 Å². The number of hydrogen-bond acceptors (Lipinski definition) is 6. The molecule has 1 saturated heterocycles. The molecule has 4 rings (SSSR count). The van der Waals surface area contributed by atoms with Gasteiger partial charge in [-0.1, -0.05) is 29.8 Å². The van der Waals surface area contributed by atoms with Crippen molar-refractivity contribution in [1.82, 2.24) is 15.2 Å². The summed E-state index contributed by atoms with van der Waals surface area (Å²) in [5, 5.41) is 16.2. The molecular formula is C22H22ClN5O3. The van der Waals surface area contributed by atoms with Gasteiger partial charge in [0, 0.05) is 67.3 Å². The number of aromatic nitrogens is 1. The largest absolute Gasteiger partial charge is 0.368 e. The maximum absolute atomic E-state index is 12.3. The molecular weight excluding hydrogens is 418 g/mol. The van der Waals surface area contributed by atoms with E-state index in [1.807, 2.05) is 24.3 Å². The van der Waals surface area contributed by atoms with E-state index < -0.39 is 0 Å². The van der Waals surface area contributed by atoms with E-state index in [4.69, 9.17) is 11.6 Å². The van der Waals surface area contributed by atoms with E-state index >= 15 is 0 Å². The highest BCUT2D eigenvalue weighted by Crippen LogP contribution is 2.33. The number of anilines is 1. The summed E-state index contributed by atoms with van der Waals surface area (Å²) >= 11 is 6.13. The van der Waals surface area contributed by atoms with Gasteiger partial charge in [0.1, 0.15) is 0 Å². The third kappa shape index (κ3) is 4.76. The Morgan fingerprint density at radius 3 is 2.61 bits per heavy atom. The van der Waals surface area contributed by atoms with Crippen LogP contribution in [-0.4, -0.2) is 53.4 Å². The summed E-state index contributed by atoms with van der Waals surface area (Å²) in [6.07, 6.45) is 3.19. The van der Waals surface area contributed by atoms with Crippen LogP contribution in [0.3, 0.4) is 0 Å². The lowest BCUT2D eigenvalue weighted by molar-refractivity contribution is -0.383. The molecule has 0 spiro atoms. The van der Waals surface area contributed by atoms with Crippen LogP contribution in [0.4, 0.5) is 11.4 Å². The van der Waals surface area contributed by atoms with Crippen LogP contribution in [0.2, 0.25) is 5.02 Å². The summed E-state index contributed by atoms with van der Waals surface area (Å²) in [4.78, 5) is 31.6. The lowest BCUT2D eigenvalue weighted by Crippen LogP contribution is -2.49. The minimum atomic E-state index is -0.382. The second-order valence-corrected chi connectivity index (χ2v) is 7.82. The molecule has 2 aromatic carbocycles. The second-order valence-electron chi connectivity index (χ2n) is 7.41. The van der Waals surface area contributed by atoms with Crippen LogP contribution in [0.5, 0.6) is 0 Å². The summed E-state index contributed by atoms with van der Waals surface area (Å²) in [6.45, 7) is 3.64. The van der Waals surface area contributed by atoms with Crippen molar-refractivity contribution < 1.29 is 9.72 Å². The fourth-order valence-electron chi connectivity index (χ4n) is 3.84. The number of carbonyl (C=O) groups excluding carboxylic acids is 1. The number of piperazine rings is 1. The van der Waals surface area contributed by atoms with Crippen molar-refractivity contribution in [2.24, 2.45) is 0 Å². The number of rotatable bonds is 6. The highest BCUT2D eigenvalue weighted by molar-refractivity contribution is 6.31. The SMILES string of the molecule is O=C(CN1CCN(c2ccc([N+](=O)[O-])c3cnccc23)CC1)NCc1ccccc1Cl. The zero-order chi connectivity index (χ0) is 21.8. The maximum Gasteiger partial charge on any atom is 0.278 e. The van der Waals surface area contributed by atoms with Crippen LogP contribution < -0.4 is 10.2 Å². The first kappa shape index (κ1) is 21.0. The standard InChI is InChI=1S/C22H22ClN5O3/c23-19-4-2-1-3-16(19)13-25-22(29)15-26-9-11-27(12-10-26)20-5-6-21(28(30)31)18-14-24-8-7-17(18)20/h1-8,14H,9-13,15H2,(H,25,29). The first-order chi connectivity index (χ1) is 15.0. The number of hydrogen-bond donors (Lipinski definition) is 1. The lowest BCUT2D eigenvalue weighted by Gasteiger charge is -2.36. The van der Waals surface area contributed by atoms with Gasteiger partial charge in [-0.15, -0.1) is 0 Å². The Bertz CT molecular complexity index is 1120. The molecule has 0 unspecified atom stereocenters. The maximum atomic E-state index is 12.3. The lowest BCUT2D eigenvalue weighted by atomic mass is 10.1. The number of nitro groups is 1. The van der Waals surface area contributed by atoms with E-state index in [9.17, 15) is 14.9 Å². The zero-order valence-electron chi connectivity index (χ0n) is 16.8. The van der Waals surface area contributed by atoms with Crippen molar-refractivity contribution in [1.29, 1.82) is 0 Å². The molecule has 1 aromatic heterocycles. The average molecular weight is 440 g/mol. The first-order valence-corrected chi connectivity index (χ1v) is 10.4. The van der Waals surface area contributed by atoms with Gasteiger partial charge in [0.25, 0.3) is 5.69 Å². The molecule has 0 saturated carbocycles. The predicted octanol–water partition coefficient (Wildman–Crippen LogP) is 3.23. The minimum Gasteiger partial charge on any atom is -0.368 e. The Morgan fingerprint density at radius 1 is 1.10 bits per heavy atom. The number of nitrogens with zero attached hydrogens (tertiary/aromatic N) is 4. The monoisotopic (exact) mass is 439 g/mol. The van der Waals surface area contributed by atoms with E-state index in [1.165, 1.54) is 12.3 Å². The van der Waals surface area contributed by atoms with Crippen LogP contribution in [0, 0.1) is 10.1 Å². The van der Waals surface area contributed by atoms with Crippen molar-refractivity contribution in [3.8, 4) is 0 Å². The number of non-ortho nitro benzene ring substituents is 1. The summed E-state index contributed by atoms with van der Waals surface area (Å²) in [5.74, 6) is -0.0415. The van der Waals surface area contributed by atoms with Gasteiger partial charge >= 0.3 is 0 Å². The Labute approximate surface area is 184 Å². The summed E-state index contributed by atoms with van der Waals surface area (Å²) in [5.41, 5.74) is 1.90. The Kier molecular flexibility index (Phi) is 6.29. The molecule has 1 aliphatic rings. The Hall–Kier alpha value is -3.23. The molecule has 1 N–H and O–H groups in total. The third-order valence-electron chi connectivity index (χ3n) is 5.48. The van der Waals surface area contributed by atoms with Gasteiger partial charge in [0.05, 0.1) is 16.9 Å². The van der Waals surface area contributed by atoms with Crippen molar-refractivity contribution >= 4 is 39.7 Å². The normalized spacial score (nSPS) is 14.5. The molecule has 0 aliphatic carbocycles. The molecule has 2 heterocycles. The topological polar surface area (TPSA) is 91.6 Å². The van der Waals surface area contributed by atoms with Crippen LogP contribution in [0.15, 0.2) is 54.9 Å². The smallest absolute Gasteiger partial charge is 0.278 e. The van der Waals surface area contributed by atoms with Crippen LogP contribution in [0.1, 0.15) is 5.56 Å². The van der Waals surface area contributed by atoms with E-state index in [0.29, 0.717) is 23.5 Å². The highest BCUT2D eigenvalue weighted by Gasteiger charge is 2.22. The second kappa shape index (κ2) is 9.28. The average Bonchev–Trinajstić information content (AvgIpc) is 2.78. The Morgan fingerprint density at radius 2 is 1.87 bits per heavy atom. The zero-order valence-corrected chi connectivity index (χ0v) is 17.6. The molecule has 31 heavy (non-hydrogen) atoms. The third-order valence-corrected chi connectivity index (χ3v) is 5.85. The van der Waals surface area contributed by atoms with E-state index in [1.54, 1.807) is 18.3 Å². The number of benzene rings is 2. The number of nitro benzene ring substituents is 1. The summed E-state index contributed by atoms with van der Waals surface area (Å²) < 4.78 is 0. The molecule has 8 nitrogen and oxygen atoms in total. The number of amides is 1. The van der Waals surface area contributed by atoms with Gasteiger partial charge < -0.3 is 10.2 Å².